The minimum atomic E-state index is -0.953. The first-order valence-electron chi connectivity index (χ1n) is 5.61. The standard InChI is InChI=1S/C11H16N2O3S/c1-7-9(10(14)15)12-11(17-7)13(2)8-3-5-16-6-4-8/h8H,3-6H2,1-2H3,(H,14,15). The third-order valence-electron chi connectivity index (χ3n) is 3.03. The van der Waals surface area contributed by atoms with Gasteiger partial charge >= 0.3 is 5.97 Å². The van der Waals surface area contributed by atoms with Crippen molar-refractivity contribution in [3.05, 3.63) is 10.6 Å². The average molecular weight is 256 g/mol. The quantitative estimate of drug-likeness (QED) is 0.893. The molecule has 0 spiro atoms. The monoisotopic (exact) mass is 256 g/mol. The Kier molecular flexibility index (Phi) is 3.63. The SMILES string of the molecule is Cc1sc(N(C)C2CCOCC2)nc1C(=O)O. The minimum absolute atomic E-state index is 0.170. The fourth-order valence-electron chi connectivity index (χ4n) is 1.96. The first kappa shape index (κ1) is 12.3. The molecule has 1 aliphatic heterocycles. The number of thiazole rings is 1. The maximum atomic E-state index is 10.9. The summed E-state index contributed by atoms with van der Waals surface area (Å²) in [4.78, 5) is 18.0. The summed E-state index contributed by atoms with van der Waals surface area (Å²) in [6, 6.07) is 0.399. The number of rotatable bonds is 3. The molecule has 0 saturated carbocycles. The molecule has 0 bridgehead atoms. The summed E-state index contributed by atoms with van der Waals surface area (Å²) in [5.41, 5.74) is 0.170. The second-order valence-corrected chi connectivity index (χ2v) is 5.34. The second kappa shape index (κ2) is 5.01. The number of nitrogens with zero attached hydrogens (tertiary/aromatic N) is 2. The average Bonchev–Trinajstić information content (AvgIpc) is 2.71. The second-order valence-electron chi connectivity index (χ2n) is 4.16. The van der Waals surface area contributed by atoms with Crippen molar-refractivity contribution >= 4 is 22.4 Å². The number of aromatic nitrogens is 1. The van der Waals surface area contributed by atoms with E-state index < -0.39 is 5.97 Å². The summed E-state index contributed by atoms with van der Waals surface area (Å²) >= 11 is 1.44. The number of ether oxygens (including phenoxy) is 1. The molecule has 1 aromatic heterocycles. The van der Waals surface area contributed by atoms with E-state index in [9.17, 15) is 4.79 Å². The normalized spacial score (nSPS) is 17.1. The topological polar surface area (TPSA) is 62.7 Å². The van der Waals surface area contributed by atoms with Crippen LogP contribution < -0.4 is 4.90 Å². The highest BCUT2D eigenvalue weighted by Crippen LogP contribution is 2.28. The first-order valence-corrected chi connectivity index (χ1v) is 6.42. The number of hydrogen-bond acceptors (Lipinski definition) is 5. The predicted octanol–water partition coefficient (Wildman–Crippen LogP) is 1.76. The Morgan fingerprint density at radius 2 is 2.18 bits per heavy atom. The third kappa shape index (κ3) is 2.58. The number of carbonyl (C=O) groups is 1. The van der Waals surface area contributed by atoms with Gasteiger partial charge in [0.1, 0.15) is 0 Å². The lowest BCUT2D eigenvalue weighted by molar-refractivity contribution is 0.0690. The van der Waals surface area contributed by atoms with E-state index >= 15 is 0 Å². The van der Waals surface area contributed by atoms with Crippen molar-refractivity contribution in [2.45, 2.75) is 25.8 Å². The molecule has 0 radical (unpaired) electrons. The van der Waals surface area contributed by atoms with Crippen molar-refractivity contribution in [2.24, 2.45) is 0 Å². The van der Waals surface area contributed by atoms with Gasteiger partial charge < -0.3 is 14.7 Å². The van der Waals surface area contributed by atoms with Crippen molar-refractivity contribution in [3.63, 3.8) is 0 Å². The number of carboxylic acids is 1. The molecule has 2 heterocycles. The van der Waals surface area contributed by atoms with Crippen molar-refractivity contribution < 1.29 is 14.6 Å². The van der Waals surface area contributed by atoms with Crippen LogP contribution >= 0.6 is 11.3 Å². The van der Waals surface area contributed by atoms with Crippen LogP contribution in [0.2, 0.25) is 0 Å². The van der Waals surface area contributed by atoms with Crippen LogP contribution in [0, 0.1) is 6.92 Å². The van der Waals surface area contributed by atoms with Crippen LogP contribution in [0.25, 0.3) is 0 Å². The lowest BCUT2D eigenvalue weighted by Gasteiger charge is -2.30. The zero-order chi connectivity index (χ0) is 12.4. The fourth-order valence-corrected chi connectivity index (χ4v) is 2.89. The summed E-state index contributed by atoms with van der Waals surface area (Å²) in [6.07, 6.45) is 1.94. The van der Waals surface area contributed by atoms with E-state index in [1.807, 2.05) is 7.05 Å². The van der Waals surface area contributed by atoms with E-state index in [1.54, 1.807) is 6.92 Å². The van der Waals surface area contributed by atoms with Gasteiger partial charge in [-0.1, -0.05) is 0 Å². The van der Waals surface area contributed by atoms with Crippen molar-refractivity contribution in [2.75, 3.05) is 25.2 Å². The predicted molar refractivity (Wildman–Crippen MR) is 66.1 cm³/mol. The molecule has 5 nitrogen and oxygen atoms in total. The molecule has 2 rings (SSSR count). The van der Waals surface area contributed by atoms with Gasteiger partial charge in [-0.05, 0) is 19.8 Å². The summed E-state index contributed by atoms with van der Waals surface area (Å²) in [7, 11) is 1.97. The molecule has 0 amide bonds. The molecule has 17 heavy (non-hydrogen) atoms. The van der Waals surface area contributed by atoms with Gasteiger partial charge in [-0.15, -0.1) is 11.3 Å². The highest BCUT2D eigenvalue weighted by atomic mass is 32.1. The zero-order valence-corrected chi connectivity index (χ0v) is 10.8. The molecule has 1 N–H and O–H groups in total. The van der Waals surface area contributed by atoms with Crippen molar-refractivity contribution in [1.29, 1.82) is 0 Å². The van der Waals surface area contributed by atoms with Crippen LogP contribution in [-0.2, 0) is 4.74 Å². The van der Waals surface area contributed by atoms with Crippen molar-refractivity contribution in [1.82, 2.24) is 4.98 Å². The Morgan fingerprint density at radius 3 is 2.71 bits per heavy atom. The lowest BCUT2D eigenvalue weighted by Crippen LogP contribution is -2.36. The molecule has 1 fully saturated rings. The van der Waals surface area contributed by atoms with Crippen LogP contribution in [0.15, 0.2) is 0 Å². The molecular formula is C11H16N2O3S. The molecule has 0 atom stereocenters. The molecule has 0 unspecified atom stereocenters. The molecule has 6 heteroatoms. The molecule has 1 aliphatic rings. The number of carboxylic acid groups (broad SMARTS) is 1. The maximum absolute atomic E-state index is 10.9. The fraction of sp³-hybridized carbons (Fsp3) is 0.636. The van der Waals surface area contributed by atoms with Gasteiger partial charge in [-0.2, -0.15) is 0 Å². The van der Waals surface area contributed by atoms with Gasteiger partial charge in [0.25, 0.3) is 0 Å². The molecular weight excluding hydrogens is 240 g/mol. The van der Waals surface area contributed by atoms with Crippen LogP contribution in [0.3, 0.4) is 0 Å². The highest BCUT2D eigenvalue weighted by molar-refractivity contribution is 7.15. The summed E-state index contributed by atoms with van der Waals surface area (Å²) in [5, 5.41) is 9.76. The molecule has 94 valence electrons. The summed E-state index contributed by atoms with van der Waals surface area (Å²) in [6.45, 7) is 3.33. The number of anilines is 1. The van der Waals surface area contributed by atoms with Crippen molar-refractivity contribution in [3.8, 4) is 0 Å². The van der Waals surface area contributed by atoms with E-state index in [0.717, 1.165) is 36.1 Å². The number of aryl methyl sites for hydroxylation is 1. The molecule has 0 aliphatic carbocycles. The highest BCUT2D eigenvalue weighted by Gasteiger charge is 2.23. The Morgan fingerprint density at radius 1 is 1.53 bits per heavy atom. The summed E-state index contributed by atoms with van der Waals surface area (Å²) in [5.74, 6) is -0.953. The maximum Gasteiger partial charge on any atom is 0.355 e. The minimum Gasteiger partial charge on any atom is -0.476 e. The lowest BCUT2D eigenvalue weighted by atomic mass is 10.1. The van der Waals surface area contributed by atoms with Crippen LogP contribution in [-0.4, -0.2) is 42.4 Å². The van der Waals surface area contributed by atoms with Gasteiger partial charge in [0.2, 0.25) is 0 Å². The Labute approximate surface area is 104 Å². The number of hydrogen-bond donors (Lipinski definition) is 1. The zero-order valence-electron chi connectivity index (χ0n) is 9.97. The molecule has 0 aromatic carbocycles. The van der Waals surface area contributed by atoms with Crippen LogP contribution in [0.1, 0.15) is 28.2 Å². The molecule has 1 aromatic rings. The van der Waals surface area contributed by atoms with Gasteiger partial charge in [-0.25, -0.2) is 9.78 Å². The van der Waals surface area contributed by atoms with E-state index in [4.69, 9.17) is 9.84 Å². The van der Waals surface area contributed by atoms with E-state index in [1.165, 1.54) is 11.3 Å². The van der Waals surface area contributed by atoms with Gasteiger partial charge in [-0.3, -0.25) is 0 Å². The Balaban J connectivity index is 2.15. The van der Waals surface area contributed by atoms with Gasteiger partial charge in [0, 0.05) is 31.2 Å². The van der Waals surface area contributed by atoms with Gasteiger partial charge in [0.05, 0.1) is 0 Å². The number of aromatic carboxylic acids is 1. The Hall–Kier alpha value is -1.14. The first-order chi connectivity index (χ1) is 8.09. The smallest absolute Gasteiger partial charge is 0.355 e. The van der Waals surface area contributed by atoms with E-state index in [-0.39, 0.29) is 5.69 Å². The van der Waals surface area contributed by atoms with Crippen LogP contribution in [0.5, 0.6) is 0 Å². The Bertz CT molecular complexity index is 413. The largest absolute Gasteiger partial charge is 0.476 e. The van der Waals surface area contributed by atoms with Gasteiger partial charge in [0.15, 0.2) is 10.8 Å². The van der Waals surface area contributed by atoms with E-state index in [0.29, 0.717) is 6.04 Å². The third-order valence-corrected chi connectivity index (χ3v) is 4.09. The molecule has 1 saturated heterocycles. The van der Waals surface area contributed by atoms with E-state index in [2.05, 4.69) is 9.88 Å². The summed E-state index contributed by atoms with van der Waals surface area (Å²) < 4.78 is 5.32. The van der Waals surface area contributed by atoms with Crippen LogP contribution in [0.4, 0.5) is 5.13 Å².